The fourth-order valence-electron chi connectivity index (χ4n) is 1.31. The number of unbranched alkanes of at least 4 members (excludes halogenated alkanes) is 4. The van der Waals surface area contributed by atoms with Crippen molar-refractivity contribution in [3.8, 4) is 0 Å². The van der Waals surface area contributed by atoms with E-state index in [1.165, 1.54) is 19.3 Å². The third kappa shape index (κ3) is 5.53. The van der Waals surface area contributed by atoms with E-state index in [9.17, 15) is 4.79 Å². The lowest BCUT2D eigenvalue weighted by atomic mass is 9.75. The fraction of sp³-hybridized carbons (Fsp3) is 0.929. The van der Waals surface area contributed by atoms with Crippen molar-refractivity contribution in [3.63, 3.8) is 0 Å². The van der Waals surface area contributed by atoms with Gasteiger partial charge < -0.3 is 10.5 Å². The molecular weight excluding hydrogens is 214 g/mol. The second-order valence-electron chi connectivity index (χ2n) is 5.90. The third-order valence-electron chi connectivity index (χ3n) is 3.60. The van der Waals surface area contributed by atoms with Gasteiger partial charge in [-0.05, 0) is 34.1 Å². The van der Waals surface area contributed by atoms with E-state index in [1.807, 2.05) is 27.7 Å². The van der Waals surface area contributed by atoms with Crippen LogP contribution in [0.15, 0.2) is 0 Å². The predicted octanol–water partition coefficient (Wildman–Crippen LogP) is 3.26. The summed E-state index contributed by atoms with van der Waals surface area (Å²) in [6.45, 7) is 10.1. The lowest BCUT2D eigenvalue weighted by molar-refractivity contribution is -0.157. The van der Waals surface area contributed by atoms with Gasteiger partial charge in [0.1, 0.15) is 0 Å². The molecule has 0 spiro atoms. The van der Waals surface area contributed by atoms with Crippen molar-refractivity contribution in [1.82, 2.24) is 0 Å². The summed E-state index contributed by atoms with van der Waals surface area (Å²) in [7, 11) is 0. The molecule has 0 aliphatic carbocycles. The summed E-state index contributed by atoms with van der Waals surface area (Å²) in [4.78, 5) is 11.9. The highest BCUT2D eigenvalue weighted by Crippen LogP contribution is 2.29. The molecule has 0 atom stereocenters. The summed E-state index contributed by atoms with van der Waals surface area (Å²) in [5.74, 6) is -0.194. The Hall–Kier alpha value is -0.570. The highest BCUT2D eigenvalue weighted by Gasteiger charge is 2.41. The minimum Gasteiger partial charge on any atom is -0.465 e. The van der Waals surface area contributed by atoms with Crippen LogP contribution in [0, 0.1) is 5.41 Å². The monoisotopic (exact) mass is 243 g/mol. The topological polar surface area (TPSA) is 52.3 Å². The molecule has 0 saturated heterocycles. The molecule has 3 nitrogen and oxygen atoms in total. The maximum absolute atomic E-state index is 11.9. The van der Waals surface area contributed by atoms with E-state index in [1.54, 1.807) is 0 Å². The Morgan fingerprint density at radius 3 is 2.06 bits per heavy atom. The molecule has 102 valence electrons. The standard InChI is InChI=1S/C14H29NO2/c1-6-7-8-9-10-11-17-12(16)13(2,3)14(4,5)15/h6-11,15H2,1-5H3. The van der Waals surface area contributed by atoms with Crippen molar-refractivity contribution in [2.45, 2.75) is 72.3 Å². The largest absolute Gasteiger partial charge is 0.465 e. The van der Waals surface area contributed by atoms with Gasteiger partial charge in [-0.1, -0.05) is 32.6 Å². The summed E-state index contributed by atoms with van der Waals surface area (Å²) in [5.41, 5.74) is 4.78. The van der Waals surface area contributed by atoms with Gasteiger partial charge in [0.2, 0.25) is 0 Å². The first-order valence-electron chi connectivity index (χ1n) is 6.69. The smallest absolute Gasteiger partial charge is 0.313 e. The number of hydrogen-bond acceptors (Lipinski definition) is 3. The van der Waals surface area contributed by atoms with Gasteiger partial charge in [0.15, 0.2) is 0 Å². The summed E-state index contributed by atoms with van der Waals surface area (Å²) < 4.78 is 5.29. The van der Waals surface area contributed by atoms with Crippen LogP contribution in [0.2, 0.25) is 0 Å². The highest BCUT2D eigenvalue weighted by molar-refractivity contribution is 5.77. The van der Waals surface area contributed by atoms with Gasteiger partial charge in [-0.15, -0.1) is 0 Å². The van der Waals surface area contributed by atoms with Crippen molar-refractivity contribution in [2.75, 3.05) is 6.61 Å². The Labute approximate surface area is 106 Å². The number of carbonyl (C=O) groups excluding carboxylic acids is 1. The first-order chi connectivity index (χ1) is 7.73. The lowest BCUT2D eigenvalue weighted by Crippen LogP contribution is -2.52. The minimum absolute atomic E-state index is 0.194. The van der Waals surface area contributed by atoms with Gasteiger partial charge in [-0.3, -0.25) is 4.79 Å². The van der Waals surface area contributed by atoms with Gasteiger partial charge >= 0.3 is 5.97 Å². The summed E-state index contributed by atoms with van der Waals surface area (Å²) in [5, 5.41) is 0. The van der Waals surface area contributed by atoms with Crippen LogP contribution in [0.1, 0.15) is 66.7 Å². The molecule has 0 amide bonds. The minimum atomic E-state index is -0.642. The van der Waals surface area contributed by atoms with Crippen molar-refractivity contribution < 1.29 is 9.53 Å². The van der Waals surface area contributed by atoms with Gasteiger partial charge in [0, 0.05) is 5.54 Å². The van der Waals surface area contributed by atoms with Gasteiger partial charge in [-0.2, -0.15) is 0 Å². The highest BCUT2D eigenvalue weighted by atomic mass is 16.5. The zero-order valence-corrected chi connectivity index (χ0v) is 12.1. The van der Waals surface area contributed by atoms with Crippen LogP contribution in [0.4, 0.5) is 0 Å². The first-order valence-corrected chi connectivity index (χ1v) is 6.69. The Kier molecular flexibility index (Phi) is 6.76. The first kappa shape index (κ1) is 16.4. The van der Waals surface area contributed by atoms with E-state index in [-0.39, 0.29) is 5.97 Å². The zero-order chi connectivity index (χ0) is 13.5. The van der Waals surface area contributed by atoms with E-state index in [4.69, 9.17) is 10.5 Å². The number of rotatable bonds is 8. The average Bonchev–Trinajstić information content (AvgIpc) is 2.21. The zero-order valence-electron chi connectivity index (χ0n) is 12.1. The molecule has 0 saturated carbocycles. The van der Waals surface area contributed by atoms with Crippen molar-refractivity contribution in [3.05, 3.63) is 0 Å². The van der Waals surface area contributed by atoms with Gasteiger partial charge in [-0.25, -0.2) is 0 Å². The Bertz CT molecular complexity index is 229. The number of hydrogen-bond donors (Lipinski definition) is 1. The molecule has 0 heterocycles. The van der Waals surface area contributed by atoms with Crippen molar-refractivity contribution in [2.24, 2.45) is 11.1 Å². The summed E-state index contributed by atoms with van der Waals surface area (Å²) in [6.07, 6.45) is 5.80. The van der Waals surface area contributed by atoms with Crippen LogP contribution in [0.3, 0.4) is 0 Å². The van der Waals surface area contributed by atoms with Crippen LogP contribution < -0.4 is 5.73 Å². The van der Waals surface area contributed by atoms with Crippen LogP contribution in [-0.2, 0) is 9.53 Å². The number of nitrogens with two attached hydrogens (primary N) is 1. The quantitative estimate of drug-likeness (QED) is 0.526. The second-order valence-corrected chi connectivity index (χ2v) is 5.90. The molecule has 0 aliphatic rings. The van der Waals surface area contributed by atoms with E-state index in [0.29, 0.717) is 6.61 Å². The normalized spacial score (nSPS) is 12.6. The third-order valence-corrected chi connectivity index (χ3v) is 3.60. The SMILES string of the molecule is CCCCCCCOC(=O)C(C)(C)C(C)(C)N. The molecule has 0 aromatic heterocycles. The Balaban J connectivity index is 3.87. The van der Waals surface area contributed by atoms with Crippen LogP contribution in [0.5, 0.6) is 0 Å². The van der Waals surface area contributed by atoms with Crippen molar-refractivity contribution in [1.29, 1.82) is 0 Å². The second kappa shape index (κ2) is 7.00. The summed E-state index contributed by atoms with van der Waals surface area (Å²) >= 11 is 0. The molecule has 0 fully saturated rings. The molecule has 0 rings (SSSR count). The summed E-state index contributed by atoms with van der Waals surface area (Å²) in [6, 6.07) is 0. The average molecular weight is 243 g/mol. The molecule has 0 bridgehead atoms. The Morgan fingerprint density at radius 2 is 1.59 bits per heavy atom. The maximum atomic E-state index is 11.9. The molecule has 0 aromatic rings. The molecule has 0 radical (unpaired) electrons. The molecule has 0 aromatic carbocycles. The van der Waals surface area contributed by atoms with Crippen molar-refractivity contribution >= 4 is 5.97 Å². The number of esters is 1. The van der Waals surface area contributed by atoms with E-state index in [2.05, 4.69) is 6.92 Å². The van der Waals surface area contributed by atoms with Crippen LogP contribution >= 0.6 is 0 Å². The molecule has 0 unspecified atom stereocenters. The molecule has 17 heavy (non-hydrogen) atoms. The lowest BCUT2D eigenvalue weighted by Gasteiger charge is -2.35. The number of ether oxygens (including phenoxy) is 1. The Morgan fingerprint density at radius 1 is 1.06 bits per heavy atom. The van der Waals surface area contributed by atoms with Crippen LogP contribution in [-0.4, -0.2) is 18.1 Å². The van der Waals surface area contributed by atoms with E-state index >= 15 is 0 Å². The van der Waals surface area contributed by atoms with Crippen LogP contribution in [0.25, 0.3) is 0 Å². The van der Waals surface area contributed by atoms with Gasteiger partial charge in [0.25, 0.3) is 0 Å². The van der Waals surface area contributed by atoms with E-state index in [0.717, 1.165) is 12.8 Å². The molecule has 2 N–H and O–H groups in total. The molecule has 0 aliphatic heterocycles. The predicted molar refractivity (Wildman–Crippen MR) is 71.8 cm³/mol. The van der Waals surface area contributed by atoms with Gasteiger partial charge in [0.05, 0.1) is 12.0 Å². The fourth-order valence-corrected chi connectivity index (χ4v) is 1.31. The molecule has 3 heteroatoms. The maximum Gasteiger partial charge on any atom is 0.313 e. The van der Waals surface area contributed by atoms with E-state index < -0.39 is 11.0 Å². The number of carbonyl (C=O) groups is 1. The molecular formula is C14H29NO2.